The Morgan fingerprint density at radius 3 is 2.35 bits per heavy atom. The normalized spacial score (nSPS) is 15.4. The van der Waals surface area contributed by atoms with Gasteiger partial charge in [-0.25, -0.2) is 8.42 Å². The average molecular weight is 522 g/mol. The Labute approximate surface area is 217 Å². The summed E-state index contributed by atoms with van der Waals surface area (Å²) in [5.74, 6) is -0.594. The Morgan fingerprint density at radius 1 is 1.00 bits per heavy atom. The lowest BCUT2D eigenvalue weighted by Crippen LogP contribution is -2.48. The number of carbonyl (C=O) groups excluding carboxylic acids is 2. The number of hydrogen-bond donors (Lipinski definition) is 2. The number of hydrogen-bond acceptors (Lipinski definition) is 5. The van der Waals surface area contributed by atoms with Crippen LogP contribution in [-0.4, -0.2) is 39.1 Å². The fraction of sp³-hybridized carbons (Fsp3) is 0.286. The summed E-state index contributed by atoms with van der Waals surface area (Å²) in [5, 5.41) is 5.61. The number of carbonyl (C=O) groups is 2. The van der Waals surface area contributed by atoms with Crippen LogP contribution in [0, 0.1) is 0 Å². The molecule has 2 N–H and O–H groups in total. The molecule has 0 aromatic heterocycles. The molecule has 0 bridgehead atoms. The number of anilines is 2. The highest BCUT2D eigenvalue weighted by molar-refractivity contribution is 7.92. The van der Waals surface area contributed by atoms with Crippen LogP contribution in [0.4, 0.5) is 11.4 Å². The van der Waals surface area contributed by atoms with Crippen molar-refractivity contribution in [1.82, 2.24) is 5.32 Å². The Bertz CT molecular complexity index is 1420. The van der Waals surface area contributed by atoms with Crippen molar-refractivity contribution in [1.29, 1.82) is 0 Å². The topological polar surface area (TPSA) is 105 Å². The van der Waals surface area contributed by atoms with Crippen molar-refractivity contribution in [2.45, 2.75) is 38.8 Å². The first-order chi connectivity index (χ1) is 17.4. The average Bonchev–Trinajstić information content (AvgIpc) is 2.86. The predicted molar refractivity (Wildman–Crippen MR) is 144 cm³/mol. The number of benzene rings is 3. The second-order valence-electron chi connectivity index (χ2n) is 10.0. The molecule has 1 aliphatic heterocycles. The van der Waals surface area contributed by atoms with E-state index in [1.54, 1.807) is 36.4 Å². The van der Waals surface area contributed by atoms with Crippen LogP contribution in [0.3, 0.4) is 0 Å². The molecule has 1 heterocycles. The lowest BCUT2D eigenvalue weighted by atomic mass is 9.86. The van der Waals surface area contributed by atoms with Gasteiger partial charge in [0.1, 0.15) is 5.75 Å². The molecule has 0 aliphatic carbocycles. The molecule has 194 valence electrons. The Morgan fingerprint density at radius 2 is 1.68 bits per heavy atom. The molecule has 0 saturated carbocycles. The van der Waals surface area contributed by atoms with Crippen molar-refractivity contribution < 1.29 is 22.7 Å². The smallest absolute Gasteiger partial charge is 0.267 e. The second kappa shape index (κ2) is 10.3. The van der Waals surface area contributed by atoms with E-state index >= 15 is 0 Å². The monoisotopic (exact) mass is 521 g/mol. The van der Waals surface area contributed by atoms with Crippen molar-refractivity contribution in [2.75, 3.05) is 22.4 Å². The first-order valence-electron chi connectivity index (χ1n) is 11.9. The molecule has 9 heteroatoms. The van der Waals surface area contributed by atoms with Gasteiger partial charge in [0.15, 0.2) is 6.10 Å². The van der Waals surface area contributed by atoms with E-state index in [-0.39, 0.29) is 23.4 Å². The fourth-order valence-corrected chi connectivity index (χ4v) is 4.95. The van der Waals surface area contributed by atoms with Gasteiger partial charge in [-0.2, -0.15) is 0 Å². The summed E-state index contributed by atoms with van der Waals surface area (Å²) in [4.78, 5) is 26.1. The third kappa shape index (κ3) is 6.11. The van der Waals surface area contributed by atoms with Crippen molar-refractivity contribution >= 4 is 33.2 Å². The molecule has 0 saturated heterocycles. The van der Waals surface area contributed by atoms with E-state index < -0.39 is 22.0 Å². The largest absolute Gasteiger partial charge is 0.476 e. The van der Waals surface area contributed by atoms with Gasteiger partial charge in [-0.1, -0.05) is 69.3 Å². The summed E-state index contributed by atoms with van der Waals surface area (Å²) in [6, 6.07) is 21.5. The summed E-state index contributed by atoms with van der Waals surface area (Å²) in [5.41, 5.74) is 2.69. The second-order valence-corrected chi connectivity index (χ2v) is 11.9. The summed E-state index contributed by atoms with van der Waals surface area (Å²) in [6.45, 7) is 6.25. The van der Waals surface area contributed by atoms with E-state index in [2.05, 4.69) is 10.6 Å². The maximum Gasteiger partial charge on any atom is 0.267 e. The van der Waals surface area contributed by atoms with Gasteiger partial charge in [-0.15, -0.1) is 0 Å². The van der Waals surface area contributed by atoms with Crippen LogP contribution in [0.1, 0.15) is 42.3 Å². The first kappa shape index (κ1) is 26.2. The van der Waals surface area contributed by atoms with Crippen LogP contribution in [0.25, 0.3) is 0 Å². The quantitative estimate of drug-likeness (QED) is 0.509. The van der Waals surface area contributed by atoms with Gasteiger partial charge >= 0.3 is 0 Å². The third-order valence-electron chi connectivity index (χ3n) is 6.11. The minimum atomic E-state index is -3.69. The summed E-state index contributed by atoms with van der Waals surface area (Å²) in [7, 11) is -3.69. The number of amides is 2. The highest BCUT2D eigenvalue weighted by Crippen LogP contribution is 2.38. The summed E-state index contributed by atoms with van der Waals surface area (Å²) < 4.78 is 32.5. The molecule has 0 spiro atoms. The highest BCUT2D eigenvalue weighted by atomic mass is 32.2. The van der Waals surface area contributed by atoms with E-state index in [0.717, 1.165) is 17.4 Å². The van der Waals surface area contributed by atoms with E-state index in [0.29, 0.717) is 23.7 Å². The molecule has 3 aromatic rings. The van der Waals surface area contributed by atoms with Gasteiger partial charge in [0.2, 0.25) is 10.0 Å². The van der Waals surface area contributed by atoms with Gasteiger partial charge in [0, 0.05) is 6.54 Å². The molecule has 37 heavy (non-hydrogen) atoms. The molecule has 0 fully saturated rings. The highest BCUT2D eigenvalue weighted by Gasteiger charge is 2.36. The first-order valence-corrected chi connectivity index (χ1v) is 13.8. The number of fused-ring (bicyclic) bond motifs is 1. The molecule has 4 rings (SSSR count). The molecule has 8 nitrogen and oxygen atoms in total. The third-order valence-corrected chi connectivity index (χ3v) is 7.26. The SMILES string of the molecule is CC(C)(C)c1ccc2c(c1)N(S(C)(=O)=O)CC(C(=O)Nc1ccccc1C(=O)NCc1ccccc1)O2. The number of sulfonamides is 1. The number of rotatable bonds is 6. The van der Waals surface area contributed by atoms with Gasteiger partial charge < -0.3 is 15.4 Å². The van der Waals surface area contributed by atoms with Crippen LogP contribution < -0.4 is 19.7 Å². The van der Waals surface area contributed by atoms with Crippen LogP contribution in [-0.2, 0) is 26.8 Å². The lowest BCUT2D eigenvalue weighted by Gasteiger charge is -2.35. The van der Waals surface area contributed by atoms with Crippen molar-refractivity contribution in [2.24, 2.45) is 0 Å². The maximum atomic E-state index is 13.2. The predicted octanol–water partition coefficient (Wildman–Crippen LogP) is 4.08. The molecular formula is C28H31N3O5S. The molecule has 3 aromatic carbocycles. The van der Waals surface area contributed by atoms with Crippen molar-refractivity contribution in [3.8, 4) is 5.75 Å². The Hall–Kier alpha value is -3.85. The van der Waals surface area contributed by atoms with Gasteiger partial charge in [-0.05, 0) is 40.8 Å². The molecule has 1 unspecified atom stereocenters. The number of para-hydroxylation sites is 1. The molecule has 1 aliphatic rings. The Kier molecular flexibility index (Phi) is 7.27. The number of nitrogens with zero attached hydrogens (tertiary/aromatic N) is 1. The van der Waals surface area contributed by atoms with Gasteiger partial charge in [-0.3, -0.25) is 13.9 Å². The van der Waals surface area contributed by atoms with Crippen LogP contribution >= 0.6 is 0 Å². The fourth-order valence-electron chi connectivity index (χ4n) is 4.05. The zero-order valence-corrected chi connectivity index (χ0v) is 22.1. The van der Waals surface area contributed by atoms with E-state index in [4.69, 9.17) is 4.74 Å². The zero-order valence-electron chi connectivity index (χ0n) is 21.3. The van der Waals surface area contributed by atoms with Crippen LogP contribution in [0.5, 0.6) is 5.75 Å². The zero-order chi connectivity index (χ0) is 26.8. The maximum absolute atomic E-state index is 13.2. The van der Waals surface area contributed by atoms with Gasteiger partial charge in [0.25, 0.3) is 11.8 Å². The van der Waals surface area contributed by atoms with E-state index in [1.165, 1.54) is 4.31 Å². The summed E-state index contributed by atoms with van der Waals surface area (Å²) >= 11 is 0. The minimum Gasteiger partial charge on any atom is -0.476 e. The van der Waals surface area contributed by atoms with Crippen LogP contribution in [0.15, 0.2) is 72.8 Å². The van der Waals surface area contributed by atoms with Crippen LogP contribution in [0.2, 0.25) is 0 Å². The molecular weight excluding hydrogens is 490 g/mol. The number of ether oxygens (including phenoxy) is 1. The van der Waals surface area contributed by atoms with Crippen molar-refractivity contribution in [3.05, 3.63) is 89.5 Å². The molecule has 2 amide bonds. The van der Waals surface area contributed by atoms with Crippen molar-refractivity contribution in [3.63, 3.8) is 0 Å². The molecule has 1 atom stereocenters. The van der Waals surface area contributed by atoms with E-state index in [1.807, 2.05) is 57.2 Å². The minimum absolute atomic E-state index is 0.187. The standard InChI is InChI=1S/C28H31N3O5S/c1-28(2,3)20-14-15-24-23(16-20)31(37(4,34)35)18-25(36-24)27(33)30-22-13-9-8-12-21(22)26(32)29-17-19-10-6-5-7-11-19/h5-16,25H,17-18H2,1-4H3,(H,29,32)(H,30,33). The summed E-state index contributed by atoms with van der Waals surface area (Å²) in [6.07, 6.45) is -0.00383. The number of nitrogens with one attached hydrogen (secondary N) is 2. The van der Waals surface area contributed by atoms with E-state index in [9.17, 15) is 18.0 Å². The van der Waals surface area contributed by atoms with Gasteiger partial charge in [0.05, 0.1) is 29.7 Å². The molecule has 0 radical (unpaired) electrons. The Balaban J connectivity index is 1.54. The lowest BCUT2D eigenvalue weighted by molar-refractivity contribution is -0.122.